The first-order valence-corrected chi connectivity index (χ1v) is 6.84. The molecule has 0 fully saturated rings. The fourth-order valence-corrected chi connectivity index (χ4v) is 2.17. The van der Waals surface area contributed by atoms with E-state index in [4.69, 9.17) is 9.47 Å². The van der Waals surface area contributed by atoms with Gasteiger partial charge in [-0.05, 0) is 24.6 Å². The Kier molecular flexibility index (Phi) is 4.88. The third-order valence-electron chi connectivity index (χ3n) is 3.27. The van der Waals surface area contributed by atoms with Gasteiger partial charge in [-0.25, -0.2) is 4.79 Å². The first-order valence-electron chi connectivity index (χ1n) is 6.84. The molecule has 0 unspecified atom stereocenters. The van der Waals surface area contributed by atoms with Gasteiger partial charge in [-0.15, -0.1) is 0 Å². The molecule has 7 heteroatoms. The monoisotopic (exact) mass is 305 g/mol. The third-order valence-corrected chi connectivity index (χ3v) is 3.27. The van der Waals surface area contributed by atoms with E-state index in [2.05, 4.69) is 10.4 Å². The summed E-state index contributed by atoms with van der Waals surface area (Å²) < 4.78 is 11.9. The van der Waals surface area contributed by atoms with E-state index < -0.39 is 5.97 Å². The van der Waals surface area contributed by atoms with E-state index in [-0.39, 0.29) is 5.69 Å². The zero-order valence-electron chi connectivity index (χ0n) is 12.8. The van der Waals surface area contributed by atoms with Crippen LogP contribution >= 0.6 is 0 Å². The van der Waals surface area contributed by atoms with Crippen LogP contribution in [0.15, 0.2) is 24.4 Å². The Hall–Kier alpha value is -2.70. The van der Waals surface area contributed by atoms with Crippen LogP contribution < -0.4 is 14.8 Å². The highest BCUT2D eigenvalue weighted by Gasteiger charge is 2.16. The van der Waals surface area contributed by atoms with Gasteiger partial charge >= 0.3 is 5.97 Å². The summed E-state index contributed by atoms with van der Waals surface area (Å²) in [6, 6.07) is 5.54. The minimum Gasteiger partial charge on any atom is -0.493 e. The van der Waals surface area contributed by atoms with Gasteiger partial charge in [-0.3, -0.25) is 4.68 Å². The third kappa shape index (κ3) is 3.13. The molecule has 0 amide bonds. The number of carboxylic acid groups (broad SMARTS) is 1. The quantitative estimate of drug-likeness (QED) is 0.816. The van der Waals surface area contributed by atoms with Gasteiger partial charge in [-0.2, -0.15) is 5.10 Å². The van der Waals surface area contributed by atoms with Crippen LogP contribution in [0.2, 0.25) is 0 Å². The van der Waals surface area contributed by atoms with E-state index in [9.17, 15) is 9.90 Å². The zero-order valence-corrected chi connectivity index (χ0v) is 12.8. The molecular weight excluding hydrogens is 286 g/mol. The number of ether oxygens (including phenoxy) is 2. The van der Waals surface area contributed by atoms with Gasteiger partial charge < -0.3 is 19.9 Å². The van der Waals surface area contributed by atoms with Crippen LogP contribution in [-0.2, 0) is 13.1 Å². The van der Waals surface area contributed by atoms with E-state index >= 15 is 0 Å². The lowest BCUT2D eigenvalue weighted by atomic mass is 10.2. The largest absolute Gasteiger partial charge is 0.493 e. The smallest absolute Gasteiger partial charge is 0.356 e. The molecule has 1 heterocycles. The Morgan fingerprint density at radius 1 is 1.32 bits per heavy atom. The van der Waals surface area contributed by atoms with Crippen LogP contribution in [-0.4, -0.2) is 35.1 Å². The van der Waals surface area contributed by atoms with E-state index in [1.165, 1.54) is 10.9 Å². The SMILES string of the molecule is CCn1ncc(NCc2ccc(OC)c(OC)c2)c1C(=O)O. The summed E-state index contributed by atoms with van der Waals surface area (Å²) in [5.41, 5.74) is 1.59. The van der Waals surface area contributed by atoms with Crippen molar-refractivity contribution in [3.05, 3.63) is 35.7 Å². The summed E-state index contributed by atoms with van der Waals surface area (Å²) in [5, 5.41) is 16.4. The van der Waals surface area contributed by atoms with E-state index in [0.29, 0.717) is 30.3 Å². The Bertz CT molecular complexity index is 667. The number of carboxylic acids is 1. The fourth-order valence-electron chi connectivity index (χ4n) is 2.17. The molecule has 22 heavy (non-hydrogen) atoms. The van der Waals surface area contributed by atoms with Crippen LogP contribution in [0.25, 0.3) is 0 Å². The average molecular weight is 305 g/mol. The van der Waals surface area contributed by atoms with Crippen LogP contribution in [0.5, 0.6) is 11.5 Å². The van der Waals surface area contributed by atoms with Crippen molar-refractivity contribution in [3.8, 4) is 11.5 Å². The maximum absolute atomic E-state index is 11.3. The summed E-state index contributed by atoms with van der Waals surface area (Å²) in [7, 11) is 3.15. The molecule has 0 aliphatic heterocycles. The van der Waals surface area contributed by atoms with E-state index in [0.717, 1.165) is 5.56 Å². The highest BCUT2D eigenvalue weighted by atomic mass is 16.5. The number of nitrogens with zero attached hydrogens (tertiary/aromatic N) is 2. The molecule has 1 aromatic heterocycles. The van der Waals surface area contributed by atoms with Crippen LogP contribution in [0.1, 0.15) is 23.0 Å². The Morgan fingerprint density at radius 3 is 2.64 bits per heavy atom. The van der Waals surface area contributed by atoms with Gasteiger partial charge in [-0.1, -0.05) is 6.07 Å². The molecule has 2 rings (SSSR count). The number of carbonyl (C=O) groups is 1. The molecular formula is C15H19N3O4. The minimum atomic E-state index is -1.01. The second-order valence-corrected chi connectivity index (χ2v) is 4.57. The predicted molar refractivity (Wildman–Crippen MR) is 81.7 cm³/mol. The van der Waals surface area contributed by atoms with Crippen molar-refractivity contribution in [2.45, 2.75) is 20.0 Å². The number of hydrogen-bond donors (Lipinski definition) is 2. The molecule has 7 nitrogen and oxygen atoms in total. The van der Waals surface area contributed by atoms with Crippen LogP contribution in [0.3, 0.4) is 0 Å². The van der Waals surface area contributed by atoms with Crippen LogP contribution in [0, 0.1) is 0 Å². The number of aromatic nitrogens is 2. The Balaban J connectivity index is 2.17. The molecule has 0 radical (unpaired) electrons. The van der Waals surface area contributed by atoms with Crippen molar-refractivity contribution in [2.24, 2.45) is 0 Å². The van der Waals surface area contributed by atoms with Crippen LogP contribution in [0.4, 0.5) is 5.69 Å². The number of nitrogens with one attached hydrogen (secondary N) is 1. The summed E-state index contributed by atoms with van der Waals surface area (Å²) >= 11 is 0. The number of anilines is 1. The van der Waals surface area contributed by atoms with E-state index in [1.807, 2.05) is 25.1 Å². The molecule has 118 valence electrons. The van der Waals surface area contributed by atoms with Crippen molar-refractivity contribution in [3.63, 3.8) is 0 Å². The second kappa shape index (κ2) is 6.84. The van der Waals surface area contributed by atoms with Crippen molar-refractivity contribution in [1.29, 1.82) is 0 Å². The molecule has 0 aliphatic carbocycles. The maximum atomic E-state index is 11.3. The van der Waals surface area contributed by atoms with E-state index in [1.54, 1.807) is 14.2 Å². The number of aromatic carboxylic acids is 1. The lowest BCUT2D eigenvalue weighted by Gasteiger charge is -2.11. The Morgan fingerprint density at radius 2 is 2.05 bits per heavy atom. The highest BCUT2D eigenvalue weighted by molar-refractivity contribution is 5.92. The number of rotatable bonds is 7. The van der Waals surface area contributed by atoms with Gasteiger partial charge in [0.05, 0.1) is 26.1 Å². The number of hydrogen-bond acceptors (Lipinski definition) is 5. The fraction of sp³-hybridized carbons (Fsp3) is 0.333. The van der Waals surface area contributed by atoms with Gasteiger partial charge in [0, 0.05) is 13.1 Å². The average Bonchev–Trinajstić information content (AvgIpc) is 2.95. The normalized spacial score (nSPS) is 10.3. The first-order chi connectivity index (χ1) is 10.6. The summed E-state index contributed by atoms with van der Waals surface area (Å²) in [4.78, 5) is 11.3. The summed E-state index contributed by atoms with van der Waals surface area (Å²) in [6.07, 6.45) is 1.52. The second-order valence-electron chi connectivity index (χ2n) is 4.57. The maximum Gasteiger partial charge on any atom is 0.356 e. The molecule has 0 atom stereocenters. The van der Waals surface area contributed by atoms with Gasteiger partial charge in [0.15, 0.2) is 17.2 Å². The molecule has 0 aliphatic rings. The highest BCUT2D eigenvalue weighted by Crippen LogP contribution is 2.28. The van der Waals surface area contributed by atoms with Gasteiger partial charge in [0.2, 0.25) is 0 Å². The predicted octanol–water partition coefficient (Wildman–Crippen LogP) is 2.23. The standard InChI is InChI=1S/C15H19N3O4/c1-4-18-14(15(19)20)11(9-17-18)16-8-10-5-6-12(21-2)13(7-10)22-3/h5-7,9,16H,4,8H2,1-3H3,(H,19,20). The minimum absolute atomic E-state index is 0.156. The molecule has 0 spiro atoms. The number of methoxy groups -OCH3 is 2. The Labute approximate surface area is 128 Å². The van der Waals surface area contributed by atoms with Gasteiger partial charge in [0.1, 0.15) is 0 Å². The van der Waals surface area contributed by atoms with Crippen molar-refractivity contribution >= 4 is 11.7 Å². The van der Waals surface area contributed by atoms with Crippen molar-refractivity contribution < 1.29 is 19.4 Å². The summed E-state index contributed by atoms with van der Waals surface area (Å²) in [5.74, 6) is 0.273. The topological polar surface area (TPSA) is 85.6 Å². The lowest BCUT2D eigenvalue weighted by Crippen LogP contribution is -2.11. The zero-order chi connectivity index (χ0) is 16.1. The molecule has 2 aromatic rings. The molecule has 0 saturated heterocycles. The molecule has 1 aromatic carbocycles. The first kappa shape index (κ1) is 15.7. The summed E-state index contributed by atoms with van der Waals surface area (Å²) in [6.45, 7) is 2.80. The lowest BCUT2D eigenvalue weighted by molar-refractivity contribution is 0.0684. The molecule has 0 bridgehead atoms. The molecule has 0 saturated carbocycles. The van der Waals surface area contributed by atoms with Crippen molar-refractivity contribution in [2.75, 3.05) is 19.5 Å². The number of benzene rings is 1. The molecule has 2 N–H and O–H groups in total. The van der Waals surface area contributed by atoms with Gasteiger partial charge in [0.25, 0.3) is 0 Å². The number of aryl methyl sites for hydroxylation is 1. The van der Waals surface area contributed by atoms with Crippen molar-refractivity contribution in [1.82, 2.24) is 9.78 Å².